The van der Waals surface area contributed by atoms with Crippen LogP contribution in [0, 0.1) is 0 Å². The summed E-state index contributed by atoms with van der Waals surface area (Å²) < 4.78 is 28.6. The van der Waals surface area contributed by atoms with E-state index in [0.29, 0.717) is 32.2 Å². The van der Waals surface area contributed by atoms with Gasteiger partial charge in [-0.1, -0.05) is 19.3 Å². The molecule has 20 heavy (non-hydrogen) atoms. The smallest absolute Gasteiger partial charge is 0.324 e. The molecular formula is C12H19N3O4S. The van der Waals surface area contributed by atoms with Crippen molar-refractivity contribution in [2.24, 2.45) is 0 Å². The van der Waals surface area contributed by atoms with Gasteiger partial charge in [0.25, 0.3) is 10.0 Å². The summed E-state index contributed by atoms with van der Waals surface area (Å²) in [5.41, 5.74) is -1.40. The van der Waals surface area contributed by atoms with Crippen LogP contribution in [-0.2, 0) is 21.4 Å². The van der Waals surface area contributed by atoms with Gasteiger partial charge >= 0.3 is 5.97 Å². The molecule has 0 saturated heterocycles. The minimum absolute atomic E-state index is 0.134. The zero-order valence-corrected chi connectivity index (χ0v) is 12.2. The molecule has 0 radical (unpaired) electrons. The topological polar surface area (TPSA) is 101 Å². The summed E-state index contributed by atoms with van der Waals surface area (Å²) in [5.74, 6) is -1.12. The van der Waals surface area contributed by atoms with E-state index in [1.165, 1.54) is 12.5 Å². The van der Waals surface area contributed by atoms with Gasteiger partial charge in [-0.2, -0.15) is 4.72 Å². The molecule has 0 spiro atoms. The lowest BCUT2D eigenvalue weighted by Gasteiger charge is -2.33. The predicted octanol–water partition coefficient (Wildman–Crippen LogP) is 0.969. The first-order chi connectivity index (χ1) is 9.39. The summed E-state index contributed by atoms with van der Waals surface area (Å²) in [6.45, 7) is 2.47. The average molecular weight is 301 g/mol. The molecule has 0 bridgehead atoms. The maximum absolute atomic E-state index is 12.3. The van der Waals surface area contributed by atoms with E-state index in [-0.39, 0.29) is 5.03 Å². The normalized spacial score (nSPS) is 18.9. The number of imidazole rings is 1. The molecule has 0 aromatic carbocycles. The Morgan fingerprint density at radius 3 is 2.60 bits per heavy atom. The van der Waals surface area contributed by atoms with E-state index in [4.69, 9.17) is 0 Å². The SMILES string of the molecule is CCn1cnc(S(=O)(=O)NC2(C(=O)O)CCCCC2)c1. The molecule has 1 heterocycles. The number of hydrogen-bond donors (Lipinski definition) is 2. The lowest BCUT2D eigenvalue weighted by atomic mass is 9.83. The second kappa shape index (κ2) is 5.53. The van der Waals surface area contributed by atoms with Gasteiger partial charge in [0, 0.05) is 12.7 Å². The highest BCUT2D eigenvalue weighted by molar-refractivity contribution is 7.89. The quantitative estimate of drug-likeness (QED) is 0.844. The maximum atomic E-state index is 12.3. The summed E-state index contributed by atoms with van der Waals surface area (Å²) in [6.07, 6.45) is 5.80. The predicted molar refractivity (Wildman–Crippen MR) is 71.7 cm³/mol. The van der Waals surface area contributed by atoms with Gasteiger partial charge in [0.1, 0.15) is 5.54 Å². The van der Waals surface area contributed by atoms with Crippen molar-refractivity contribution in [2.75, 3.05) is 0 Å². The zero-order chi connectivity index (χ0) is 14.8. The average Bonchev–Trinajstić information content (AvgIpc) is 2.88. The van der Waals surface area contributed by atoms with E-state index in [0.717, 1.165) is 6.42 Å². The Labute approximate surface area is 118 Å². The molecule has 0 atom stereocenters. The van der Waals surface area contributed by atoms with Crippen LogP contribution in [0.3, 0.4) is 0 Å². The molecule has 112 valence electrons. The highest BCUT2D eigenvalue weighted by Crippen LogP contribution is 2.30. The largest absolute Gasteiger partial charge is 0.480 e. The summed E-state index contributed by atoms with van der Waals surface area (Å²) in [6, 6.07) is 0. The summed E-state index contributed by atoms with van der Waals surface area (Å²) in [5, 5.41) is 9.26. The summed E-state index contributed by atoms with van der Waals surface area (Å²) in [7, 11) is -3.92. The number of nitrogens with zero attached hydrogens (tertiary/aromatic N) is 2. The van der Waals surface area contributed by atoms with E-state index in [1.807, 2.05) is 6.92 Å². The number of sulfonamides is 1. The molecule has 1 aliphatic rings. The molecule has 7 nitrogen and oxygen atoms in total. The molecule has 0 amide bonds. The fraction of sp³-hybridized carbons (Fsp3) is 0.667. The first-order valence-corrected chi connectivity index (χ1v) is 8.17. The minimum Gasteiger partial charge on any atom is -0.480 e. The number of carboxylic acids is 1. The van der Waals surface area contributed by atoms with Crippen molar-refractivity contribution in [2.45, 2.75) is 56.1 Å². The minimum atomic E-state index is -3.92. The first kappa shape index (κ1) is 15.0. The molecule has 1 aromatic rings. The van der Waals surface area contributed by atoms with Gasteiger partial charge in [0.15, 0.2) is 5.03 Å². The number of aryl methyl sites for hydroxylation is 1. The van der Waals surface area contributed by atoms with Gasteiger partial charge in [0.2, 0.25) is 0 Å². The van der Waals surface area contributed by atoms with E-state index in [2.05, 4.69) is 9.71 Å². The molecule has 1 aliphatic carbocycles. The van der Waals surface area contributed by atoms with Crippen molar-refractivity contribution >= 4 is 16.0 Å². The van der Waals surface area contributed by atoms with Crippen LogP contribution in [0.5, 0.6) is 0 Å². The molecule has 1 saturated carbocycles. The number of aromatic nitrogens is 2. The molecule has 2 N–H and O–H groups in total. The van der Waals surface area contributed by atoms with Crippen LogP contribution in [0.2, 0.25) is 0 Å². The van der Waals surface area contributed by atoms with Crippen LogP contribution in [0.15, 0.2) is 17.6 Å². The third-order valence-electron chi connectivity index (χ3n) is 3.70. The van der Waals surface area contributed by atoms with Crippen LogP contribution in [0.1, 0.15) is 39.0 Å². The first-order valence-electron chi connectivity index (χ1n) is 6.69. The number of rotatable bonds is 5. The third-order valence-corrected chi connectivity index (χ3v) is 5.12. The highest BCUT2D eigenvalue weighted by Gasteiger charge is 2.43. The van der Waals surface area contributed by atoms with Crippen LogP contribution in [0.25, 0.3) is 0 Å². The fourth-order valence-corrected chi connectivity index (χ4v) is 3.85. The van der Waals surface area contributed by atoms with Crippen LogP contribution in [-0.4, -0.2) is 34.6 Å². The molecule has 0 unspecified atom stereocenters. The number of carbonyl (C=O) groups is 1. The standard InChI is InChI=1S/C12H19N3O4S/c1-2-15-8-10(13-9-15)20(18,19)14-12(11(16)17)6-4-3-5-7-12/h8-9,14H,2-7H2,1H3,(H,16,17). The van der Waals surface area contributed by atoms with E-state index in [9.17, 15) is 18.3 Å². The van der Waals surface area contributed by atoms with Crippen LogP contribution < -0.4 is 4.72 Å². The molecular weight excluding hydrogens is 282 g/mol. The Morgan fingerprint density at radius 1 is 1.45 bits per heavy atom. The molecule has 1 aromatic heterocycles. The number of nitrogens with one attached hydrogen (secondary N) is 1. The zero-order valence-electron chi connectivity index (χ0n) is 11.4. The number of aliphatic carboxylic acids is 1. The van der Waals surface area contributed by atoms with Gasteiger partial charge < -0.3 is 9.67 Å². The second-order valence-electron chi connectivity index (χ2n) is 5.10. The van der Waals surface area contributed by atoms with Crippen molar-refractivity contribution in [3.05, 3.63) is 12.5 Å². The molecule has 0 aliphatic heterocycles. The molecule has 2 rings (SSSR count). The van der Waals surface area contributed by atoms with Crippen molar-refractivity contribution in [3.8, 4) is 0 Å². The Balaban J connectivity index is 2.27. The number of hydrogen-bond acceptors (Lipinski definition) is 4. The Bertz CT molecular complexity index is 588. The van der Waals surface area contributed by atoms with Crippen molar-refractivity contribution in [3.63, 3.8) is 0 Å². The lowest BCUT2D eigenvalue weighted by molar-refractivity contribution is -0.145. The van der Waals surface area contributed by atoms with Gasteiger partial charge in [-0.15, -0.1) is 0 Å². The summed E-state index contributed by atoms with van der Waals surface area (Å²) in [4.78, 5) is 15.3. The van der Waals surface area contributed by atoms with Gasteiger partial charge in [-0.25, -0.2) is 13.4 Å². The van der Waals surface area contributed by atoms with Gasteiger partial charge in [0.05, 0.1) is 6.33 Å². The third kappa shape index (κ3) is 2.85. The van der Waals surface area contributed by atoms with Gasteiger partial charge in [-0.05, 0) is 19.8 Å². The molecule has 8 heteroatoms. The van der Waals surface area contributed by atoms with Crippen molar-refractivity contribution < 1.29 is 18.3 Å². The Kier molecular flexibility index (Phi) is 4.14. The second-order valence-corrected chi connectivity index (χ2v) is 6.73. The monoisotopic (exact) mass is 301 g/mol. The van der Waals surface area contributed by atoms with Crippen LogP contribution in [0.4, 0.5) is 0 Å². The van der Waals surface area contributed by atoms with E-state index < -0.39 is 21.5 Å². The van der Waals surface area contributed by atoms with E-state index >= 15 is 0 Å². The fourth-order valence-electron chi connectivity index (χ4n) is 2.48. The highest BCUT2D eigenvalue weighted by atomic mass is 32.2. The van der Waals surface area contributed by atoms with Crippen molar-refractivity contribution in [1.82, 2.24) is 14.3 Å². The van der Waals surface area contributed by atoms with Crippen LogP contribution >= 0.6 is 0 Å². The summed E-state index contributed by atoms with van der Waals surface area (Å²) >= 11 is 0. The maximum Gasteiger partial charge on any atom is 0.324 e. The number of carboxylic acid groups (broad SMARTS) is 1. The van der Waals surface area contributed by atoms with E-state index in [1.54, 1.807) is 4.57 Å². The van der Waals surface area contributed by atoms with Crippen molar-refractivity contribution in [1.29, 1.82) is 0 Å². The Hall–Kier alpha value is -1.41. The Morgan fingerprint density at radius 2 is 2.10 bits per heavy atom. The molecule has 1 fully saturated rings. The van der Waals surface area contributed by atoms with Gasteiger partial charge in [-0.3, -0.25) is 4.79 Å². The lowest BCUT2D eigenvalue weighted by Crippen LogP contribution is -2.55.